The summed E-state index contributed by atoms with van der Waals surface area (Å²) in [6.07, 6.45) is 3.45. The van der Waals surface area contributed by atoms with Crippen LogP contribution in [0.3, 0.4) is 0 Å². The second-order valence-electron chi connectivity index (χ2n) is 3.85. The van der Waals surface area contributed by atoms with Gasteiger partial charge in [0.15, 0.2) is 14.7 Å². The summed E-state index contributed by atoms with van der Waals surface area (Å²) in [5.74, 6) is 0.708. The quantitative estimate of drug-likeness (QED) is 0.546. The second kappa shape index (κ2) is 4.69. The Bertz CT molecular complexity index is 881. The van der Waals surface area contributed by atoms with Crippen LogP contribution in [0, 0.1) is 0 Å². The number of fused-ring (bicyclic) bond motifs is 1. The molecule has 4 aromatic rings. The molecule has 4 aromatic heterocycles. The normalized spacial score (nSPS) is 11.2. The van der Waals surface area contributed by atoms with Gasteiger partial charge in [-0.2, -0.15) is 9.61 Å². The largest absolute Gasteiger partial charge is 0.265 e. The minimum Gasteiger partial charge on any atom is -0.265 e. The molecule has 4 rings (SSSR count). The third-order valence-electron chi connectivity index (χ3n) is 2.62. The fourth-order valence-electron chi connectivity index (χ4n) is 1.75. The first-order chi connectivity index (χ1) is 9.81. The molecule has 0 fully saturated rings. The van der Waals surface area contributed by atoms with Gasteiger partial charge in [-0.3, -0.25) is 4.98 Å². The van der Waals surface area contributed by atoms with E-state index >= 15 is 0 Å². The van der Waals surface area contributed by atoms with Gasteiger partial charge in [-0.1, -0.05) is 11.3 Å². The molecule has 0 aliphatic heterocycles. The highest BCUT2D eigenvalue weighted by Crippen LogP contribution is 2.30. The SMILES string of the molecule is Brc1nc(-c2nn3c(-c4ccncc4)nnc3s2)cs1. The van der Waals surface area contributed by atoms with E-state index in [1.54, 1.807) is 16.9 Å². The van der Waals surface area contributed by atoms with Crippen LogP contribution in [0.1, 0.15) is 0 Å². The van der Waals surface area contributed by atoms with Gasteiger partial charge in [0.1, 0.15) is 5.69 Å². The van der Waals surface area contributed by atoms with Gasteiger partial charge in [-0.15, -0.1) is 21.5 Å². The van der Waals surface area contributed by atoms with Crippen molar-refractivity contribution in [2.24, 2.45) is 0 Å². The van der Waals surface area contributed by atoms with Gasteiger partial charge in [-0.25, -0.2) is 4.98 Å². The monoisotopic (exact) mass is 364 g/mol. The molecule has 6 nitrogen and oxygen atoms in total. The van der Waals surface area contributed by atoms with E-state index in [2.05, 4.69) is 41.2 Å². The second-order valence-corrected chi connectivity index (χ2v) is 6.94. The lowest BCUT2D eigenvalue weighted by Gasteiger charge is -1.94. The molecule has 0 saturated carbocycles. The van der Waals surface area contributed by atoms with Gasteiger partial charge in [-0.05, 0) is 28.1 Å². The third-order valence-corrected chi connectivity index (χ3v) is 4.91. The van der Waals surface area contributed by atoms with Crippen LogP contribution in [0.2, 0.25) is 0 Å². The first-order valence-corrected chi connectivity index (χ1v) is 8.04. The molecule has 4 heterocycles. The molecule has 0 N–H and O–H groups in total. The zero-order valence-electron chi connectivity index (χ0n) is 9.76. The number of hydrogen-bond acceptors (Lipinski definition) is 7. The van der Waals surface area contributed by atoms with E-state index in [0.717, 1.165) is 25.1 Å². The molecule has 0 aliphatic carbocycles. The van der Waals surface area contributed by atoms with Crippen LogP contribution in [-0.2, 0) is 0 Å². The highest BCUT2D eigenvalue weighted by Gasteiger charge is 2.15. The number of rotatable bonds is 2. The average molecular weight is 365 g/mol. The van der Waals surface area contributed by atoms with E-state index in [1.807, 2.05) is 17.5 Å². The highest BCUT2D eigenvalue weighted by atomic mass is 79.9. The predicted octanol–water partition coefficient (Wildman–Crippen LogP) is 3.13. The standard InChI is InChI=1S/C11H5BrN6S2/c12-10-14-7(5-19-10)9-17-18-8(15-16-11(18)20-9)6-1-3-13-4-2-6/h1-5H. The molecule has 0 aromatic carbocycles. The minimum atomic E-state index is 0.708. The van der Waals surface area contributed by atoms with Gasteiger partial charge in [0.05, 0.1) is 0 Å². The maximum Gasteiger partial charge on any atom is 0.235 e. The molecule has 0 radical (unpaired) electrons. The Morgan fingerprint density at radius 1 is 1.15 bits per heavy atom. The maximum atomic E-state index is 4.55. The number of pyridine rings is 1. The van der Waals surface area contributed by atoms with Crippen LogP contribution in [0.4, 0.5) is 0 Å². The fourth-order valence-corrected chi connectivity index (χ4v) is 3.62. The first kappa shape index (κ1) is 12.1. The number of aromatic nitrogens is 6. The first-order valence-electron chi connectivity index (χ1n) is 5.55. The van der Waals surface area contributed by atoms with E-state index in [-0.39, 0.29) is 0 Å². The number of hydrogen-bond donors (Lipinski definition) is 0. The van der Waals surface area contributed by atoms with Crippen molar-refractivity contribution in [3.05, 3.63) is 33.8 Å². The summed E-state index contributed by atoms with van der Waals surface area (Å²) < 4.78 is 2.58. The lowest BCUT2D eigenvalue weighted by molar-refractivity contribution is 0.967. The fraction of sp³-hybridized carbons (Fsp3) is 0. The Morgan fingerprint density at radius 2 is 2.00 bits per heavy atom. The van der Waals surface area contributed by atoms with Crippen molar-refractivity contribution in [2.75, 3.05) is 0 Å². The molecule has 0 saturated heterocycles. The predicted molar refractivity (Wildman–Crippen MR) is 80.7 cm³/mol. The van der Waals surface area contributed by atoms with Crippen LogP contribution in [0.5, 0.6) is 0 Å². The van der Waals surface area contributed by atoms with Gasteiger partial charge >= 0.3 is 0 Å². The van der Waals surface area contributed by atoms with Gasteiger partial charge in [0.25, 0.3) is 0 Å². The van der Waals surface area contributed by atoms with E-state index in [1.165, 1.54) is 22.7 Å². The van der Waals surface area contributed by atoms with E-state index < -0.39 is 0 Å². The highest BCUT2D eigenvalue weighted by molar-refractivity contribution is 9.11. The van der Waals surface area contributed by atoms with Crippen LogP contribution in [0.15, 0.2) is 33.8 Å². The molecular weight excluding hydrogens is 360 g/mol. The maximum absolute atomic E-state index is 4.55. The summed E-state index contributed by atoms with van der Waals surface area (Å²) in [7, 11) is 0. The van der Waals surface area contributed by atoms with Gasteiger partial charge in [0, 0.05) is 23.3 Å². The topological polar surface area (TPSA) is 68.9 Å². The Labute approximate surface area is 129 Å². The van der Waals surface area contributed by atoms with E-state index in [0.29, 0.717) is 5.82 Å². The van der Waals surface area contributed by atoms with Gasteiger partial charge in [0.2, 0.25) is 4.96 Å². The summed E-state index contributed by atoms with van der Waals surface area (Å²) in [6, 6.07) is 3.77. The molecule has 20 heavy (non-hydrogen) atoms. The number of thiazole rings is 1. The van der Waals surface area contributed by atoms with Gasteiger partial charge < -0.3 is 0 Å². The summed E-state index contributed by atoms with van der Waals surface area (Å²) in [5.41, 5.74) is 1.78. The molecule has 0 bridgehead atoms. The van der Waals surface area contributed by atoms with Crippen LogP contribution in [-0.4, -0.2) is 29.8 Å². The van der Waals surface area contributed by atoms with E-state index in [9.17, 15) is 0 Å². The number of halogens is 1. The average Bonchev–Trinajstić information content (AvgIpc) is 3.13. The van der Waals surface area contributed by atoms with Crippen molar-refractivity contribution in [3.63, 3.8) is 0 Å². The van der Waals surface area contributed by atoms with Crippen LogP contribution in [0.25, 0.3) is 27.1 Å². The van der Waals surface area contributed by atoms with Crippen LogP contribution >= 0.6 is 38.6 Å². The molecule has 9 heteroatoms. The summed E-state index contributed by atoms with van der Waals surface area (Å²) >= 11 is 6.35. The molecule has 98 valence electrons. The Hall–Kier alpha value is -1.71. The Morgan fingerprint density at radius 3 is 2.75 bits per heavy atom. The molecular formula is C11H5BrN6S2. The Kier molecular flexibility index (Phi) is 2.83. The number of nitrogens with zero attached hydrogens (tertiary/aromatic N) is 6. The molecule has 0 aliphatic rings. The van der Waals surface area contributed by atoms with Crippen molar-refractivity contribution in [1.82, 2.24) is 29.8 Å². The van der Waals surface area contributed by atoms with Crippen LogP contribution < -0.4 is 0 Å². The summed E-state index contributed by atoms with van der Waals surface area (Å²) in [6.45, 7) is 0. The Balaban J connectivity index is 1.87. The zero-order valence-corrected chi connectivity index (χ0v) is 13.0. The van der Waals surface area contributed by atoms with Crippen molar-refractivity contribution < 1.29 is 0 Å². The molecule has 0 spiro atoms. The lowest BCUT2D eigenvalue weighted by Crippen LogP contribution is -1.91. The summed E-state index contributed by atoms with van der Waals surface area (Å²) in [5, 5.41) is 15.7. The third kappa shape index (κ3) is 1.94. The zero-order chi connectivity index (χ0) is 13.5. The van der Waals surface area contributed by atoms with Crippen molar-refractivity contribution >= 4 is 43.6 Å². The van der Waals surface area contributed by atoms with Crippen molar-refractivity contribution in [3.8, 4) is 22.1 Å². The lowest BCUT2D eigenvalue weighted by atomic mass is 10.2. The van der Waals surface area contributed by atoms with E-state index in [4.69, 9.17) is 0 Å². The molecule has 0 amide bonds. The smallest absolute Gasteiger partial charge is 0.235 e. The molecule has 0 unspecified atom stereocenters. The minimum absolute atomic E-state index is 0.708. The van der Waals surface area contributed by atoms with Crippen molar-refractivity contribution in [1.29, 1.82) is 0 Å². The summed E-state index contributed by atoms with van der Waals surface area (Å²) in [4.78, 5) is 9.12. The van der Waals surface area contributed by atoms with Crippen molar-refractivity contribution in [2.45, 2.75) is 0 Å². The molecule has 0 atom stereocenters.